The SMILES string of the molecule is CO[C@@H]1/C=C\C=C(/C)C(=O)NC2=CC(=O)C(NCCN(C)C)=C(C[C@@H](C)C[C@@H](OC)[C@@H](O)[C@H](C)/C=C(\C)[C@H]1OC(N)=O)C2=O.Cl. The van der Waals surface area contributed by atoms with Crippen LogP contribution in [-0.2, 0) is 28.6 Å². The third-order valence-electron chi connectivity index (χ3n) is 7.65. The molecule has 0 spiro atoms. The molecular weight excluding hydrogens is 604 g/mol. The van der Waals surface area contributed by atoms with Crippen LogP contribution in [-0.4, -0.2) is 99.4 Å². The predicted molar refractivity (Wildman–Crippen MR) is 173 cm³/mol. The van der Waals surface area contributed by atoms with Crippen molar-refractivity contribution < 1.29 is 38.5 Å². The van der Waals surface area contributed by atoms with E-state index in [0.717, 1.165) is 6.08 Å². The van der Waals surface area contributed by atoms with E-state index in [9.17, 15) is 24.3 Å². The number of fused-ring (bicyclic) bond motifs is 2. The Kier molecular flexibility index (Phi) is 16.4. The summed E-state index contributed by atoms with van der Waals surface area (Å²) in [5.41, 5.74) is 6.55. The van der Waals surface area contributed by atoms with E-state index in [2.05, 4.69) is 10.6 Å². The van der Waals surface area contributed by atoms with Gasteiger partial charge in [0.25, 0.3) is 5.91 Å². The van der Waals surface area contributed by atoms with Crippen molar-refractivity contribution in [1.82, 2.24) is 15.5 Å². The first-order chi connectivity index (χ1) is 20.7. The molecule has 0 saturated heterocycles. The lowest BCUT2D eigenvalue weighted by molar-refractivity contribution is -0.120. The highest BCUT2D eigenvalue weighted by atomic mass is 35.5. The average Bonchev–Trinajstić information content (AvgIpc) is 2.95. The Morgan fingerprint density at radius 1 is 1.16 bits per heavy atom. The number of halogens is 1. The van der Waals surface area contributed by atoms with Crippen LogP contribution in [0.15, 0.2) is 58.5 Å². The van der Waals surface area contributed by atoms with E-state index in [4.69, 9.17) is 19.9 Å². The molecule has 6 atom stereocenters. The van der Waals surface area contributed by atoms with Crippen LogP contribution in [0.3, 0.4) is 0 Å². The van der Waals surface area contributed by atoms with Crippen molar-refractivity contribution in [3.8, 4) is 0 Å². The van der Waals surface area contributed by atoms with E-state index in [1.54, 1.807) is 32.1 Å². The third kappa shape index (κ3) is 11.5. The van der Waals surface area contributed by atoms with Crippen molar-refractivity contribution in [3.05, 3.63) is 58.5 Å². The number of rotatable bonds is 7. The van der Waals surface area contributed by atoms with Crippen LogP contribution < -0.4 is 16.4 Å². The van der Waals surface area contributed by atoms with Crippen molar-refractivity contribution in [2.75, 3.05) is 41.4 Å². The van der Waals surface area contributed by atoms with Gasteiger partial charge >= 0.3 is 6.09 Å². The van der Waals surface area contributed by atoms with Gasteiger partial charge in [0.05, 0.1) is 23.6 Å². The Hall–Kier alpha value is -3.29. The molecule has 0 radical (unpaired) electrons. The number of hydrogen-bond acceptors (Lipinski definition) is 10. The molecule has 0 fully saturated rings. The standard InChI is InChI=1S/C32H48N4O8.ClH/c1-18-14-22-27(34-12-13-36(5)6)24(37)17-23(29(22)39)35-31(40)19(2)10-9-11-25(42-7)30(44-32(33)41)21(4)16-20(3)28(38)26(15-18)43-8;/h9-11,16-18,20,25-26,28,30,34,38H,12-15H2,1-8H3,(H2,33,41)(H,35,40);1H/b11-9-,19-10+,21-16+;/t18-,20-,25-,26-,28+,30-;/m1./s1. The maximum absolute atomic E-state index is 13.7. The molecule has 0 aromatic carbocycles. The number of carbonyl (C=O) groups is 4. The van der Waals surface area contributed by atoms with Gasteiger partial charge in [0, 0.05) is 50.4 Å². The van der Waals surface area contributed by atoms with Crippen LogP contribution >= 0.6 is 12.4 Å². The molecule has 2 aliphatic rings. The second-order valence-electron chi connectivity index (χ2n) is 11.7. The van der Waals surface area contributed by atoms with Gasteiger partial charge in [0.2, 0.25) is 11.6 Å². The summed E-state index contributed by atoms with van der Waals surface area (Å²) in [4.78, 5) is 53.7. The number of aliphatic hydroxyl groups excluding tert-OH is 1. The summed E-state index contributed by atoms with van der Waals surface area (Å²) in [6, 6.07) is 0. The Labute approximate surface area is 272 Å². The normalized spacial score (nSPS) is 30.3. The molecule has 1 aliphatic heterocycles. The lowest BCUT2D eigenvalue weighted by atomic mass is 9.85. The summed E-state index contributed by atoms with van der Waals surface area (Å²) < 4.78 is 16.6. The predicted octanol–water partition coefficient (Wildman–Crippen LogP) is 2.34. The van der Waals surface area contributed by atoms with Crippen LogP contribution in [0, 0.1) is 11.8 Å². The van der Waals surface area contributed by atoms with Crippen molar-refractivity contribution in [3.63, 3.8) is 0 Å². The number of aliphatic hydroxyl groups is 1. The summed E-state index contributed by atoms with van der Waals surface area (Å²) in [7, 11) is 6.74. The van der Waals surface area contributed by atoms with Gasteiger partial charge in [-0.2, -0.15) is 0 Å². The molecule has 0 unspecified atom stereocenters. The second kappa shape index (κ2) is 18.6. The monoisotopic (exact) mass is 652 g/mol. The number of carbonyl (C=O) groups excluding carboxylic acids is 4. The highest BCUT2D eigenvalue weighted by Crippen LogP contribution is 2.28. The first kappa shape index (κ1) is 39.7. The van der Waals surface area contributed by atoms with Crippen molar-refractivity contribution in [1.29, 1.82) is 0 Å². The van der Waals surface area contributed by atoms with E-state index in [1.807, 2.05) is 32.8 Å². The number of likely N-dealkylation sites (N-methyl/N-ethyl adjacent to an activating group) is 1. The first-order valence-corrected chi connectivity index (χ1v) is 14.7. The number of ketones is 2. The topological polar surface area (TPSA) is 170 Å². The number of allylic oxidation sites excluding steroid dienone is 4. The number of hydrogen-bond donors (Lipinski definition) is 4. The van der Waals surface area contributed by atoms with Gasteiger partial charge in [-0.3, -0.25) is 14.4 Å². The number of methoxy groups -OCH3 is 2. The van der Waals surface area contributed by atoms with Crippen LogP contribution in [0.25, 0.3) is 0 Å². The van der Waals surface area contributed by atoms with Gasteiger partial charge < -0.3 is 40.6 Å². The maximum Gasteiger partial charge on any atom is 0.405 e. The molecule has 252 valence electrons. The quantitative estimate of drug-likeness (QED) is 0.237. The molecule has 5 N–H and O–H groups in total. The summed E-state index contributed by atoms with van der Waals surface area (Å²) >= 11 is 0. The molecule has 0 aromatic heterocycles. The number of amides is 2. The summed E-state index contributed by atoms with van der Waals surface area (Å²) in [5, 5.41) is 17.0. The molecule has 0 saturated carbocycles. The number of ether oxygens (including phenoxy) is 3. The van der Waals surface area contributed by atoms with E-state index in [-0.39, 0.29) is 47.3 Å². The second-order valence-corrected chi connectivity index (χ2v) is 11.7. The smallest absolute Gasteiger partial charge is 0.405 e. The molecule has 12 nitrogen and oxygen atoms in total. The first-order valence-electron chi connectivity index (χ1n) is 14.7. The third-order valence-corrected chi connectivity index (χ3v) is 7.65. The molecule has 2 bridgehead atoms. The molecular formula is C32H49ClN4O8. The molecule has 2 amide bonds. The molecule has 0 aromatic rings. The van der Waals surface area contributed by atoms with E-state index in [1.165, 1.54) is 20.3 Å². The van der Waals surface area contributed by atoms with Crippen LogP contribution in [0.4, 0.5) is 4.79 Å². The highest BCUT2D eigenvalue weighted by molar-refractivity contribution is 6.23. The van der Waals surface area contributed by atoms with Crippen LogP contribution in [0.5, 0.6) is 0 Å². The maximum atomic E-state index is 13.7. The van der Waals surface area contributed by atoms with Crippen molar-refractivity contribution in [2.24, 2.45) is 17.6 Å². The number of Topliss-reactive ketones (excluding diaryl/α,β-unsaturated/α-hetero) is 1. The number of nitrogens with zero attached hydrogens (tertiary/aromatic N) is 1. The minimum Gasteiger partial charge on any atom is -0.439 e. The summed E-state index contributed by atoms with van der Waals surface area (Å²) in [6.07, 6.45) is 3.88. The zero-order chi connectivity index (χ0) is 33.1. The molecule has 1 aliphatic carbocycles. The van der Waals surface area contributed by atoms with Gasteiger partial charge in [-0.15, -0.1) is 12.4 Å². The molecule has 1 heterocycles. The van der Waals surface area contributed by atoms with Crippen LogP contribution in [0.1, 0.15) is 40.5 Å². The van der Waals surface area contributed by atoms with E-state index >= 15 is 0 Å². The minimum atomic E-state index is -0.997. The average molecular weight is 653 g/mol. The largest absolute Gasteiger partial charge is 0.439 e. The Bertz CT molecular complexity index is 1240. The van der Waals surface area contributed by atoms with Gasteiger partial charge in [0.15, 0.2) is 6.10 Å². The lowest BCUT2D eigenvalue weighted by Gasteiger charge is -2.30. The van der Waals surface area contributed by atoms with Gasteiger partial charge in [-0.25, -0.2) is 4.79 Å². The van der Waals surface area contributed by atoms with Gasteiger partial charge in [-0.05, 0) is 52.3 Å². The van der Waals surface area contributed by atoms with E-state index in [0.29, 0.717) is 25.1 Å². The fourth-order valence-corrected chi connectivity index (χ4v) is 5.18. The minimum absolute atomic E-state index is 0. The van der Waals surface area contributed by atoms with Crippen molar-refractivity contribution in [2.45, 2.75) is 65.0 Å². The lowest BCUT2D eigenvalue weighted by Crippen LogP contribution is -2.38. The zero-order valence-electron chi connectivity index (χ0n) is 27.4. The number of nitrogens with one attached hydrogen (secondary N) is 2. The van der Waals surface area contributed by atoms with Gasteiger partial charge in [0.1, 0.15) is 6.10 Å². The fraction of sp³-hybridized carbons (Fsp3) is 0.562. The Morgan fingerprint density at radius 3 is 2.40 bits per heavy atom. The Morgan fingerprint density at radius 2 is 1.82 bits per heavy atom. The molecule has 13 heteroatoms. The van der Waals surface area contributed by atoms with Crippen molar-refractivity contribution >= 4 is 36.0 Å². The van der Waals surface area contributed by atoms with E-state index < -0.39 is 53.9 Å². The summed E-state index contributed by atoms with van der Waals surface area (Å²) in [6.45, 7) is 8.09. The number of nitrogens with two attached hydrogens (primary N) is 1. The highest BCUT2D eigenvalue weighted by Gasteiger charge is 2.33. The fourth-order valence-electron chi connectivity index (χ4n) is 5.18. The number of primary amides is 1. The molecule has 45 heavy (non-hydrogen) atoms. The molecule has 2 rings (SSSR count). The zero-order valence-corrected chi connectivity index (χ0v) is 28.2. The Balaban J connectivity index is 0.0000101. The summed E-state index contributed by atoms with van der Waals surface area (Å²) in [5.74, 6) is -2.06. The van der Waals surface area contributed by atoms with Gasteiger partial charge in [-0.1, -0.05) is 38.2 Å². The van der Waals surface area contributed by atoms with Crippen LogP contribution in [0.2, 0.25) is 0 Å².